The second-order valence-corrected chi connectivity index (χ2v) is 7.16. The van der Waals surface area contributed by atoms with Gasteiger partial charge in [-0.2, -0.15) is 0 Å². The molecule has 0 amide bonds. The van der Waals surface area contributed by atoms with E-state index in [4.69, 9.17) is 4.74 Å². The van der Waals surface area contributed by atoms with E-state index in [0.717, 1.165) is 24.0 Å². The Labute approximate surface area is 130 Å². The minimum atomic E-state index is -0.629. The SMILES string of the molecule is CCOC(=O)c1cc2c(cc1[N+](=O)[O-])C(C)(C)CCC2(C)C. The van der Waals surface area contributed by atoms with Gasteiger partial charge in [0.2, 0.25) is 0 Å². The van der Waals surface area contributed by atoms with Gasteiger partial charge in [-0.1, -0.05) is 27.7 Å². The van der Waals surface area contributed by atoms with Gasteiger partial charge in [0.25, 0.3) is 5.69 Å². The summed E-state index contributed by atoms with van der Waals surface area (Å²) in [6, 6.07) is 3.24. The standard InChI is InChI=1S/C17H23NO4/c1-6-22-15(19)11-9-12-13(10-14(11)18(20)21)17(4,5)8-7-16(12,2)3/h9-10H,6-8H2,1-5H3. The summed E-state index contributed by atoms with van der Waals surface area (Å²) in [5.41, 5.74) is 1.62. The highest BCUT2D eigenvalue weighted by molar-refractivity contribution is 5.94. The van der Waals surface area contributed by atoms with Crippen LogP contribution in [0, 0.1) is 10.1 Å². The molecule has 5 nitrogen and oxygen atoms in total. The van der Waals surface area contributed by atoms with Crippen molar-refractivity contribution in [1.29, 1.82) is 0 Å². The number of nitro benzene ring substituents is 1. The molecule has 1 aliphatic rings. The van der Waals surface area contributed by atoms with Crippen molar-refractivity contribution in [2.24, 2.45) is 0 Å². The highest BCUT2D eigenvalue weighted by Gasteiger charge is 2.40. The van der Waals surface area contributed by atoms with Crippen LogP contribution in [-0.2, 0) is 15.6 Å². The van der Waals surface area contributed by atoms with Gasteiger partial charge in [0, 0.05) is 6.07 Å². The number of hydrogen-bond acceptors (Lipinski definition) is 4. The van der Waals surface area contributed by atoms with Crippen molar-refractivity contribution in [2.45, 2.75) is 58.3 Å². The quantitative estimate of drug-likeness (QED) is 0.478. The molecule has 0 heterocycles. The van der Waals surface area contributed by atoms with E-state index in [1.165, 1.54) is 0 Å². The molecule has 0 aromatic heterocycles. The molecular weight excluding hydrogens is 282 g/mol. The van der Waals surface area contributed by atoms with Gasteiger partial charge in [0.15, 0.2) is 0 Å². The Kier molecular flexibility index (Phi) is 4.02. The lowest BCUT2D eigenvalue weighted by Gasteiger charge is -2.41. The summed E-state index contributed by atoms with van der Waals surface area (Å²) >= 11 is 0. The van der Waals surface area contributed by atoms with E-state index in [-0.39, 0.29) is 28.7 Å². The minimum absolute atomic E-state index is 0.0522. The van der Waals surface area contributed by atoms with Gasteiger partial charge in [-0.25, -0.2) is 4.79 Å². The lowest BCUT2D eigenvalue weighted by atomic mass is 9.63. The third-order valence-electron chi connectivity index (χ3n) is 4.66. The first-order valence-corrected chi connectivity index (χ1v) is 7.60. The zero-order chi connectivity index (χ0) is 16.7. The minimum Gasteiger partial charge on any atom is -0.462 e. The fourth-order valence-electron chi connectivity index (χ4n) is 3.13. The van der Waals surface area contributed by atoms with E-state index < -0.39 is 10.9 Å². The third kappa shape index (κ3) is 2.72. The summed E-state index contributed by atoms with van der Waals surface area (Å²) in [4.78, 5) is 23.0. The highest BCUT2D eigenvalue weighted by Crippen LogP contribution is 2.47. The topological polar surface area (TPSA) is 69.4 Å². The number of hydrogen-bond donors (Lipinski definition) is 0. The molecule has 120 valence electrons. The second-order valence-electron chi connectivity index (χ2n) is 7.16. The normalized spacial score (nSPS) is 18.4. The predicted octanol–water partition coefficient (Wildman–Crippen LogP) is 4.12. The number of carbonyl (C=O) groups is 1. The van der Waals surface area contributed by atoms with Gasteiger partial charge in [0.05, 0.1) is 11.5 Å². The zero-order valence-electron chi connectivity index (χ0n) is 13.9. The van der Waals surface area contributed by atoms with Crippen LogP contribution in [0.5, 0.6) is 0 Å². The summed E-state index contributed by atoms with van der Waals surface area (Å²) in [6.07, 6.45) is 1.94. The zero-order valence-corrected chi connectivity index (χ0v) is 13.9. The Morgan fingerprint density at radius 2 is 1.68 bits per heavy atom. The van der Waals surface area contributed by atoms with Crippen LogP contribution in [-0.4, -0.2) is 17.5 Å². The number of nitrogens with zero attached hydrogens (tertiary/aromatic N) is 1. The van der Waals surface area contributed by atoms with Gasteiger partial charge < -0.3 is 4.74 Å². The van der Waals surface area contributed by atoms with Crippen molar-refractivity contribution in [3.05, 3.63) is 38.9 Å². The molecule has 22 heavy (non-hydrogen) atoms. The second kappa shape index (κ2) is 5.38. The van der Waals surface area contributed by atoms with Crippen molar-refractivity contribution in [3.8, 4) is 0 Å². The number of fused-ring (bicyclic) bond motifs is 1. The van der Waals surface area contributed by atoms with E-state index in [9.17, 15) is 14.9 Å². The summed E-state index contributed by atoms with van der Waals surface area (Å²) in [7, 11) is 0. The summed E-state index contributed by atoms with van der Waals surface area (Å²) in [5, 5.41) is 11.4. The first kappa shape index (κ1) is 16.5. The molecule has 1 aromatic carbocycles. The van der Waals surface area contributed by atoms with Gasteiger partial charge in [-0.3, -0.25) is 10.1 Å². The fourth-order valence-corrected chi connectivity index (χ4v) is 3.13. The lowest BCUT2D eigenvalue weighted by Crippen LogP contribution is -2.34. The molecule has 0 N–H and O–H groups in total. The summed E-state index contributed by atoms with van der Waals surface area (Å²) in [5.74, 6) is -0.629. The van der Waals surface area contributed by atoms with E-state index >= 15 is 0 Å². The highest BCUT2D eigenvalue weighted by atomic mass is 16.6. The number of nitro groups is 1. The van der Waals surface area contributed by atoms with Crippen molar-refractivity contribution in [2.75, 3.05) is 6.61 Å². The molecular formula is C17H23NO4. The molecule has 0 spiro atoms. The van der Waals surface area contributed by atoms with E-state index in [2.05, 4.69) is 27.7 Å². The molecule has 1 aliphatic carbocycles. The molecule has 2 rings (SSSR count). The number of ether oxygens (including phenoxy) is 1. The Morgan fingerprint density at radius 3 is 2.14 bits per heavy atom. The summed E-state index contributed by atoms with van der Waals surface area (Å²) < 4.78 is 4.99. The molecule has 0 saturated heterocycles. The van der Waals surface area contributed by atoms with Gasteiger partial charge in [0.1, 0.15) is 5.56 Å². The average Bonchev–Trinajstić information content (AvgIpc) is 2.43. The predicted molar refractivity (Wildman–Crippen MR) is 84.3 cm³/mol. The maximum absolute atomic E-state index is 12.1. The van der Waals surface area contributed by atoms with Crippen LogP contribution in [0.25, 0.3) is 0 Å². The van der Waals surface area contributed by atoms with E-state index in [0.29, 0.717) is 0 Å². The third-order valence-corrected chi connectivity index (χ3v) is 4.66. The van der Waals surface area contributed by atoms with Crippen LogP contribution >= 0.6 is 0 Å². The molecule has 0 aliphatic heterocycles. The lowest BCUT2D eigenvalue weighted by molar-refractivity contribution is -0.385. The van der Waals surface area contributed by atoms with E-state index in [1.54, 1.807) is 19.1 Å². The van der Waals surface area contributed by atoms with Crippen LogP contribution < -0.4 is 0 Å². The van der Waals surface area contributed by atoms with Crippen molar-refractivity contribution >= 4 is 11.7 Å². The maximum atomic E-state index is 12.1. The molecule has 0 saturated carbocycles. The Balaban J connectivity index is 2.73. The molecule has 5 heteroatoms. The van der Waals surface area contributed by atoms with Crippen LogP contribution in [0.3, 0.4) is 0 Å². The smallest absolute Gasteiger partial charge is 0.345 e. The van der Waals surface area contributed by atoms with Crippen LogP contribution in [0.1, 0.15) is 68.9 Å². The monoisotopic (exact) mass is 305 g/mol. The molecule has 0 atom stereocenters. The first-order valence-electron chi connectivity index (χ1n) is 7.60. The Morgan fingerprint density at radius 1 is 1.18 bits per heavy atom. The number of benzene rings is 1. The van der Waals surface area contributed by atoms with Crippen LogP contribution in [0.2, 0.25) is 0 Å². The summed E-state index contributed by atoms with van der Waals surface area (Å²) in [6.45, 7) is 10.3. The van der Waals surface area contributed by atoms with Crippen molar-refractivity contribution in [3.63, 3.8) is 0 Å². The number of esters is 1. The van der Waals surface area contributed by atoms with E-state index in [1.807, 2.05) is 0 Å². The van der Waals surface area contributed by atoms with Crippen LogP contribution in [0.15, 0.2) is 12.1 Å². The fraction of sp³-hybridized carbons (Fsp3) is 0.588. The Bertz CT molecular complexity index is 632. The molecule has 0 fully saturated rings. The molecule has 0 unspecified atom stereocenters. The number of carbonyl (C=O) groups excluding carboxylic acids is 1. The average molecular weight is 305 g/mol. The largest absolute Gasteiger partial charge is 0.462 e. The molecule has 0 bridgehead atoms. The molecule has 0 radical (unpaired) electrons. The maximum Gasteiger partial charge on any atom is 0.345 e. The molecule has 1 aromatic rings. The van der Waals surface area contributed by atoms with Gasteiger partial charge >= 0.3 is 5.97 Å². The number of rotatable bonds is 3. The first-order chi connectivity index (χ1) is 10.1. The van der Waals surface area contributed by atoms with Crippen molar-refractivity contribution in [1.82, 2.24) is 0 Å². The Hall–Kier alpha value is -1.91. The van der Waals surface area contributed by atoms with Crippen LogP contribution in [0.4, 0.5) is 5.69 Å². The van der Waals surface area contributed by atoms with Crippen molar-refractivity contribution < 1.29 is 14.5 Å². The van der Waals surface area contributed by atoms with Gasteiger partial charge in [-0.05, 0) is 47.8 Å². The van der Waals surface area contributed by atoms with Gasteiger partial charge in [-0.15, -0.1) is 0 Å².